The zero-order valence-electron chi connectivity index (χ0n) is 11.8. The highest BCUT2D eigenvalue weighted by Crippen LogP contribution is 2.24. The summed E-state index contributed by atoms with van der Waals surface area (Å²) in [7, 11) is 2.11. The highest BCUT2D eigenvalue weighted by atomic mass is 35.5. The molecule has 0 aliphatic carbocycles. The van der Waals surface area contributed by atoms with Crippen LogP contribution in [-0.2, 0) is 6.54 Å². The topological polar surface area (TPSA) is 45.4 Å². The Kier molecular flexibility index (Phi) is 5.02. The van der Waals surface area contributed by atoms with Crippen molar-refractivity contribution < 1.29 is 0 Å². The fourth-order valence-electron chi connectivity index (χ4n) is 2.63. The summed E-state index contributed by atoms with van der Waals surface area (Å²) >= 11 is 6.06. The number of anilines is 1. The number of nitrogens with two attached hydrogens (primary N) is 1. The molecule has 4 nitrogen and oxygen atoms in total. The summed E-state index contributed by atoms with van der Waals surface area (Å²) in [5, 5.41) is 0.653. The van der Waals surface area contributed by atoms with E-state index in [9.17, 15) is 0 Å². The molecule has 0 saturated carbocycles. The molecule has 0 aromatic carbocycles. The quantitative estimate of drug-likeness (QED) is 0.919. The number of likely N-dealkylation sites (tertiary alicyclic amines) is 1. The van der Waals surface area contributed by atoms with Crippen LogP contribution in [0.4, 0.5) is 5.82 Å². The molecule has 0 unspecified atom stereocenters. The summed E-state index contributed by atoms with van der Waals surface area (Å²) in [5.41, 5.74) is 6.66. The number of hydrogen-bond acceptors (Lipinski definition) is 4. The zero-order valence-corrected chi connectivity index (χ0v) is 12.5. The van der Waals surface area contributed by atoms with Gasteiger partial charge < -0.3 is 15.5 Å². The molecule has 2 rings (SSSR count). The van der Waals surface area contributed by atoms with Gasteiger partial charge >= 0.3 is 0 Å². The van der Waals surface area contributed by atoms with Gasteiger partial charge in [-0.2, -0.15) is 0 Å². The van der Waals surface area contributed by atoms with Gasteiger partial charge in [-0.15, -0.1) is 0 Å². The normalized spacial score (nSPS) is 17.7. The van der Waals surface area contributed by atoms with Crippen LogP contribution in [0, 0.1) is 0 Å². The van der Waals surface area contributed by atoms with Gasteiger partial charge in [0.15, 0.2) is 0 Å². The van der Waals surface area contributed by atoms with Gasteiger partial charge in [0.25, 0.3) is 0 Å². The maximum absolute atomic E-state index is 6.06. The maximum Gasteiger partial charge on any atom is 0.128 e. The van der Waals surface area contributed by atoms with E-state index in [1.54, 1.807) is 6.20 Å². The molecular formula is C14H23ClN4. The third-order valence-electron chi connectivity index (χ3n) is 4.05. The Bertz CT molecular complexity index is 416. The van der Waals surface area contributed by atoms with E-state index in [1.807, 2.05) is 6.07 Å². The van der Waals surface area contributed by atoms with Crippen molar-refractivity contribution in [1.29, 1.82) is 0 Å². The Morgan fingerprint density at radius 2 is 2.16 bits per heavy atom. The Balaban J connectivity index is 2.05. The molecule has 1 fully saturated rings. The van der Waals surface area contributed by atoms with Crippen LogP contribution in [0.1, 0.15) is 25.3 Å². The molecule has 0 amide bonds. The standard InChI is InChI=1S/C14H23ClN4/c1-3-19-6-4-12(5-7-19)18(2)14-8-11(9-16)13(15)10-17-14/h8,10,12H,3-7,9,16H2,1-2H3. The minimum Gasteiger partial charge on any atom is -0.357 e. The first-order valence-corrected chi connectivity index (χ1v) is 7.33. The van der Waals surface area contributed by atoms with E-state index in [2.05, 4.69) is 28.8 Å². The first kappa shape index (κ1) is 14.6. The predicted molar refractivity (Wildman–Crippen MR) is 80.7 cm³/mol. The smallest absolute Gasteiger partial charge is 0.128 e. The molecule has 1 aromatic rings. The van der Waals surface area contributed by atoms with Crippen LogP contribution >= 0.6 is 11.6 Å². The van der Waals surface area contributed by atoms with Crippen LogP contribution in [0.15, 0.2) is 12.3 Å². The first-order valence-electron chi connectivity index (χ1n) is 6.95. The van der Waals surface area contributed by atoms with Crippen molar-refractivity contribution in [3.63, 3.8) is 0 Å². The maximum atomic E-state index is 6.06. The van der Waals surface area contributed by atoms with E-state index >= 15 is 0 Å². The Morgan fingerprint density at radius 1 is 1.47 bits per heavy atom. The molecule has 0 spiro atoms. The molecule has 1 aliphatic heterocycles. The Labute approximate surface area is 120 Å². The average molecular weight is 283 g/mol. The van der Waals surface area contributed by atoms with Crippen molar-refractivity contribution >= 4 is 17.4 Å². The van der Waals surface area contributed by atoms with Crippen molar-refractivity contribution in [3.05, 3.63) is 22.8 Å². The fraction of sp³-hybridized carbons (Fsp3) is 0.643. The predicted octanol–water partition coefficient (Wildman–Crippen LogP) is 2.11. The number of hydrogen-bond donors (Lipinski definition) is 1. The molecule has 0 atom stereocenters. The van der Waals surface area contributed by atoms with Crippen molar-refractivity contribution in [3.8, 4) is 0 Å². The minimum atomic E-state index is 0.455. The van der Waals surface area contributed by atoms with E-state index in [1.165, 1.54) is 25.9 Å². The van der Waals surface area contributed by atoms with Gasteiger partial charge in [0, 0.05) is 38.9 Å². The van der Waals surface area contributed by atoms with Crippen molar-refractivity contribution in [2.24, 2.45) is 5.73 Å². The van der Waals surface area contributed by atoms with Crippen LogP contribution in [0.3, 0.4) is 0 Å². The number of halogens is 1. The summed E-state index contributed by atoms with van der Waals surface area (Å²) in [6, 6.07) is 2.57. The Hall–Kier alpha value is -0.840. The molecule has 106 valence electrons. The van der Waals surface area contributed by atoms with E-state index < -0.39 is 0 Å². The summed E-state index contributed by atoms with van der Waals surface area (Å²) in [6.45, 7) is 6.16. The van der Waals surface area contributed by atoms with Crippen molar-refractivity contribution in [1.82, 2.24) is 9.88 Å². The van der Waals surface area contributed by atoms with Gasteiger partial charge in [-0.1, -0.05) is 18.5 Å². The highest BCUT2D eigenvalue weighted by molar-refractivity contribution is 6.31. The molecule has 1 aliphatic rings. The summed E-state index contributed by atoms with van der Waals surface area (Å²) < 4.78 is 0. The van der Waals surface area contributed by atoms with Crippen LogP contribution in [-0.4, -0.2) is 42.6 Å². The number of piperidine rings is 1. The Morgan fingerprint density at radius 3 is 2.74 bits per heavy atom. The number of pyridine rings is 1. The molecule has 1 aromatic heterocycles. The van der Waals surface area contributed by atoms with Gasteiger partial charge in [0.1, 0.15) is 5.82 Å². The van der Waals surface area contributed by atoms with E-state index in [0.29, 0.717) is 17.6 Å². The van der Waals surface area contributed by atoms with Gasteiger partial charge in [-0.05, 0) is 31.0 Å². The van der Waals surface area contributed by atoms with Crippen LogP contribution in [0.2, 0.25) is 5.02 Å². The van der Waals surface area contributed by atoms with E-state index in [-0.39, 0.29) is 0 Å². The third-order valence-corrected chi connectivity index (χ3v) is 4.39. The molecule has 0 bridgehead atoms. The molecule has 2 N–H and O–H groups in total. The lowest BCUT2D eigenvalue weighted by atomic mass is 10.0. The number of aromatic nitrogens is 1. The van der Waals surface area contributed by atoms with Crippen LogP contribution in [0.25, 0.3) is 0 Å². The second kappa shape index (κ2) is 6.55. The summed E-state index contributed by atoms with van der Waals surface area (Å²) in [5.74, 6) is 0.972. The largest absolute Gasteiger partial charge is 0.357 e. The van der Waals surface area contributed by atoms with E-state index in [4.69, 9.17) is 17.3 Å². The second-order valence-corrected chi connectivity index (χ2v) is 5.52. The molecule has 2 heterocycles. The lowest BCUT2D eigenvalue weighted by Crippen LogP contribution is -2.43. The second-order valence-electron chi connectivity index (χ2n) is 5.11. The number of nitrogens with zero attached hydrogens (tertiary/aromatic N) is 3. The highest BCUT2D eigenvalue weighted by Gasteiger charge is 2.22. The van der Waals surface area contributed by atoms with Crippen LogP contribution < -0.4 is 10.6 Å². The summed E-state index contributed by atoms with van der Waals surface area (Å²) in [4.78, 5) is 9.18. The van der Waals surface area contributed by atoms with Gasteiger partial charge in [-0.3, -0.25) is 0 Å². The SMILES string of the molecule is CCN1CCC(N(C)c2cc(CN)c(Cl)cn2)CC1. The van der Waals surface area contributed by atoms with Crippen molar-refractivity contribution in [2.75, 3.05) is 31.6 Å². The minimum absolute atomic E-state index is 0.455. The van der Waals surface area contributed by atoms with Crippen LogP contribution in [0.5, 0.6) is 0 Å². The molecular weight excluding hydrogens is 260 g/mol. The third kappa shape index (κ3) is 3.38. The molecule has 1 saturated heterocycles. The monoisotopic (exact) mass is 282 g/mol. The molecule has 5 heteroatoms. The lowest BCUT2D eigenvalue weighted by molar-refractivity contribution is 0.220. The van der Waals surface area contributed by atoms with E-state index in [0.717, 1.165) is 17.9 Å². The fourth-order valence-corrected chi connectivity index (χ4v) is 2.81. The zero-order chi connectivity index (χ0) is 13.8. The van der Waals surface area contributed by atoms with Gasteiger partial charge in [-0.25, -0.2) is 4.98 Å². The molecule has 19 heavy (non-hydrogen) atoms. The summed E-state index contributed by atoms with van der Waals surface area (Å²) in [6.07, 6.45) is 4.08. The van der Waals surface area contributed by atoms with Gasteiger partial charge in [0.05, 0.1) is 5.02 Å². The average Bonchev–Trinajstić information content (AvgIpc) is 2.47. The van der Waals surface area contributed by atoms with Crippen molar-refractivity contribution in [2.45, 2.75) is 32.4 Å². The van der Waals surface area contributed by atoms with Gasteiger partial charge in [0.2, 0.25) is 0 Å². The first-order chi connectivity index (χ1) is 9.15. The molecule has 0 radical (unpaired) electrons. The number of rotatable bonds is 4. The lowest BCUT2D eigenvalue weighted by Gasteiger charge is -2.37.